The number of halogens is 4. The summed E-state index contributed by atoms with van der Waals surface area (Å²) in [5.41, 5.74) is 1.15. The van der Waals surface area contributed by atoms with Crippen LogP contribution in [0.3, 0.4) is 0 Å². The number of nitrogens with zero attached hydrogens (tertiary/aromatic N) is 2. The maximum atomic E-state index is 13.3. The van der Waals surface area contributed by atoms with E-state index in [1.54, 1.807) is 11.8 Å². The summed E-state index contributed by atoms with van der Waals surface area (Å²) in [6.45, 7) is 0. The topological polar surface area (TPSA) is 25.8 Å². The smallest absolute Gasteiger partial charge is 0.232 e. The number of hydrogen-bond donors (Lipinski definition) is 0. The highest BCUT2D eigenvalue weighted by molar-refractivity contribution is 7.98. The van der Waals surface area contributed by atoms with E-state index in [4.69, 9.17) is 34.8 Å². The minimum atomic E-state index is -1.76. The normalized spacial score (nSPS) is 15.7. The van der Waals surface area contributed by atoms with Crippen molar-refractivity contribution in [1.29, 1.82) is 0 Å². The van der Waals surface area contributed by atoms with Crippen molar-refractivity contribution in [1.82, 2.24) is 9.97 Å². The van der Waals surface area contributed by atoms with E-state index < -0.39 is 9.74 Å². The average molecular weight is 274 g/mol. The van der Waals surface area contributed by atoms with E-state index in [1.165, 1.54) is 0 Å². The van der Waals surface area contributed by atoms with Crippen LogP contribution in [0, 0.1) is 5.95 Å². The van der Waals surface area contributed by atoms with Crippen molar-refractivity contribution in [2.75, 3.05) is 0 Å². The summed E-state index contributed by atoms with van der Waals surface area (Å²) in [6.07, 6.45) is 0. The zero-order valence-corrected chi connectivity index (χ0v) is 9.81. The van der Waals surface area contributed by atoms with Crippen LogP contribution in [0.2, 0.25) is 0 Å². The molecular weight excluding hydrogens is 270 g/mol. The first-order chi connectivity index (χ1) is 6.48. The molecule has 0 radical (unpaired) electrons. The standard InChI is InChI=1S/C7H4Cl3FN2S/c8-7(9,10)6-12-4-2-14-1-3(4)5(11)13-6/h1-2H2. The molecule has 0 N–H and O–H groups in total. The van der Waals surface area contributed by atoms with Gasteiger partial charge in [0.1, 0.15) is 0 Å². The molecule has 0 atom stereocenters. The molecule has 1 aromatic rings. The fourth-order valence-corrected chi connectivity index (χ4v) is 2.42. The Morgan fingerprint density at radius 3 is 2.57 bits per heavy atom. The minimum absolute atomic E-state index is 0.0961. The lowest BCUT2D eigenvalue weighted by molar-refractivity contribution is 0.558. The molecule has 0 unspecified atom stereocenters. The molecule has 2 rings (SSSR count). The zero-order chi connectivity index (χ0) is 10.3. The first-order valence-corrected chi connectivity index (χ1v) is 5.97. The first-order valence-electron chi connectivity index (χ1n) is 3.68. The predicted octanol–water partition coefficient (Wildman–Crippen LogP) is 3.19. The van der Waals surface area contributed by atoms with Crippen molar-refractivity contribution >= 4 is 46.6 Å². The van der Waals surface area contributed by atoms with Gasteiger partial charge >= 0.3 is 0 Å². The van der Waals surface area contributed by atoms with Gasteiger partial charge in [-0.25, -0.2) is 4.98 Å². The Bertz CT molecular complexity index is 380. The van der Waals surface area contributed by atoms with Gasteiger partial charge in [-0.05, 0) is 0 Å². The number of thioether (sulfide) groups is 1. The van der Waals surface area contributed by atoms with Gasteiger partial charge in [0, 0.05) is 17.1 Å². The lowest BCUT2D eigenvalue weighted by Gasteiger charge is -2.10. The monoisotopic (exact) mass is 272 g/mol. The molecule has 0 fully saturated rings. The molecule has 1 aromatic heterocycles. The van der Waals surface area contributed by atoms with Gasteiger partial charge in [-0.15, -0.1) is 0 Å². The largest absolute Gasteiger partial charge is 0.250 e. The van der Waals surface area contributed by atoms with Crippen molar-refractivity contribution in [2.45, 2.75) is 15.3 Å². The number of fused-ring (bicyclic) bond motifs is 1. The van der Waals surface area contributed by atoms with E-state index in [0.717, 1.165) is 0 Å². The maximum absolute atomic E-state index is 13.3. The number of rotatable bonds is 0. The summed E-state index contributed by atoms with van der Waals surface area (Å²) < 4.78 is 11.6. The molecule has 1 aliphatic heterocycles. The van der Waals surface area contributed by atoms with E-state index in [-0.39, 0.29) is 5.82 Å². The zero-order valence-electron chi connectivity index (χ0n) is 6.73. The summed E-state index contributed by atoms with van der Waals surface area (Å²) in [6, 6.07) is 0. The summed E-state index contributed by atoms with van der Waals surface area (Å²) >= 11 is 18.3. The third-order valence-electron chi connectivity index (χ3n) is 1.78. The van der Waals surface area contributed by atoms with E-state index in [2.05, 4.69) is 9.97 Å². The van der Waals surface area contributed by atoms with E-state index >= 15 is 0 Å². The average Bonchev–Trinajstić information content (AvgIpc) is 2.50. The molecule has 0 amide bonds. The van der Waals surface area contributed by atoms with Gasteiger partial charge in [-0.2, -0.15) is 21.1 Å². The fourth-order valence-electron chi connectivity index (χ4n) is 1.14. The number of alkyl halides is 3. The third kappa shape index (κ3) is 1.94. The number of aromatic nitrogens is 2. The summed E-state index contributed by atoms with van der Waals surface area (Å²) in [7, 11) is 0. The van der Waals surface area contributed by atoms with Crippen LogP contribution < -0.4 is 0 Å². The Labute approximate surface area is 99.2 Å². The minimum Gasteiger partial charge on any atom is -0.232 e. The predicted molar refractivity (Wildman–Crippen MR) is 56.2 cm³/mol. The van der Waals surface area contributed by atoms with Gasteiger partial charge in [0.25, 0.3) is 0 Å². The molecule has 76 valence electrons. The van der Waals surface area contributed by atoms with E-state index in [1.807, 2.05) is 0 Å². The van der Waals surface area contributed by atoms with Gasteiger partial charge in [-0.1, -0.05) is 34.8 Å². The highest BCUT2D eigenvalue weighted by Gasteiger charge is 2.30. The Balaban J connectivity index is 2.52. The SMILES string of the molecule is Fc1nc(C(Cl)(Cl)Cl)nc2c1CSC2. The molecule has 2 nitrogen and oxygen atoms in total. The van der Waals surface area contributed by atoms with Crippen LogP contribution in [0.5, 0.6) is 0 Å². The molecule has 0 spiro atoms. The van der Waals surface area contributed by atoms with Gasteiger partial charge in [0.05, 0.1) is 5.69 Å². The summed E-state index contributed by atoms with van der Waals surface area (Å²) in [5.74, 6) is 0.548. The quantitative estimate of drug-likeness (QED) is 0.536. The Morgan fingerprint density at radius 1 is 1.21 bits per heavy atom. The van der Waals surface area contributed by atoms with Crippen LogP contribution in [0.1, 0.15) is 17.1 Å². The Hall–Kier alpha value is 0.230. The molecule has 0 aromatic carbocycles. The van der Waals surface area contributed by atoms with Gasteiger partial charge in [0.15, 0.2) is 5.82 Å². The highest BCUT2D eigenvalue weighted by atomic mass is 35.6. The van der Waals surface area contributed by atoms with Crippen LogP contribution in [0.25, 0.3) is 0 Å². The molecule has 0 bridgehead atoms. The van der Waals surface area contributed by atoms with Crippen molar-refractivity contribution < 1.29 is 4.39 Å². The van der Waals surface area contributed by atoms with Gasteiger partial charge in [0.2, 0.25) is 9.74 Å². The molecule has 1 aliphatic rings. The molecule has 0 aliphatic carbocycles. The summed E-state index contributed by atoms with van der Waals surface area (Å²) in [5, 5.41) is 0. The lowest BCUT2D eigenvalue weighted by Crippen LogP contribution is -2.11. The fraction of sp³-hybridized carbons (Fsp3) is 0.429. The molecular formula is C7H4Cl3FN2S. The first kappa shape index (κ1) is 10.7. The van der Waals surface area contributed by atoms with Gasteiger partial charge in [-0.3, -0.25) is 0 Å². The van der Waals surface area contributed by atoms with Crippen LogP contribution >= 0.6 is 46.6 Å². The third-order valence-corrected chi connectivity index (χ3v) is 3.26. The Kier molecular flexibility index (Phi) is 2.81. The molecule has 0 saturated heterocycles. The van der Waals surface area contributed by atoms with Crippen molar-refractivity contribution in [3.63, 3.8) is 0 Å². The van der Waals surface area contributed by atoms with Crippen molar-refractivity contribution in [2.24, 2.45) is 0 Å². The van der Waals surface area contributed by atoms with Gasteiger partial charge < -0.3 is 0 Å². The van der Waals surface area contributed by atoms with E-state index in [0.29, 0.717) is 22.8 Å². The second-order valence-corrected chi connectivity index (χ2v) is 6.02. The second kappa shape index (κ2) is 3.67. The van der Waals surface area contributed by atoms with Crippen LogP contribution in [-0.2, 0) is 15.3 Å². The molecule has 14 heavy (non-hydrogen) atoms. The van der Waals surface area contributed by atoms with Crippen LogP contribution in [-0.4, -0.2) is 9.97 Å². The Morgan fingerprint density at radius 2 is 1.93 bits per heavy atom. The van der Waals surface area contributed by atoms with E-state index in [9.17, 15) is 4.39 Å². The number of hydrogen-bond acceptors (Lipinski definition) is 3. The lowest BCUT2D eigenvalue weighted by atomic mass is 10.3. The molecule has 2 heterocycles. The molecule has 7 heteroatoms. The van der Waals surface area contributed by atoms with Crippen molar-refractivity contribution in [3.05, 3.63) is 23.0 Å². The van der Waals surface area contributed by atoms with Crippen molar-refractivity contribution in [3.8, 4) is 0 Å². The van der Waals surface area contributed by atoms with Crippen LogP contribution in [0.4, 0.5) is 4.39 Å². The second-order valence-electron chi connectivity index (χ2n) is 2.75. The summed E-state index contributed by atoms with van der Waals surface area (Å²) in [4.78, 5) is 7.55. The molecule has 0 saturated carbocycles. The van der Waals surface area contributed by atoms with Crippen LogP contribution in [0.15, 0.2) is 0 Å². The maximum Gasteiger partial charge on any atom is 0.250 e. The highest BCUT2D eigenvalue weighted by Crippen LogP contribution is 2.38.